The van der Waals surface area contributed by atoms with Crippen LogP contribution < -0.4 is 9.46 Å². The Bertz CT molecular complexity index is 1420. The van der Waals surface area contributed by atoms with Crippen LogP contribution in [0.1, 0.15) is 24.1 Å². The molecule has 0 spiro atoms. The summed E-state index contributed by atoms with van der Waals surface area (Å²) in [5.41, 5.74) is 3.52. The number of rotatable bonds is 6. The van der Waals surface area contributed by atoms with Crippen LogP contribution in [0.15, 0.2) is 57.1 Å². The Morgan fingerprint density at radius 3 is 2.77 bits per heavy atom. The maximum absolute atomic E-state index is 13.0. The molecule has 35 heavy (non-hydrogen) atoms. The highest BCUT2D eigenvalue weighted by Crippen LogP contribution is 2.26. The van der Waals surface area contributed by atoms with Crippen molar-refractivity contribution in [3.63, 3.8) is 0 Å². The first-order chi connectivity index (χ1) is 16.9. The topological polar surface area (TPSA) is 116 Å². The van der Waals surface area contributed by atoms with Crippen molar-refractivity contribution in [2.45, 2.75) is 36.8 Å². The summed E-state index contributed by atoms with van der Waals surface area (Å²) in [6, 6.07) is 8.29. The summed E-state index contributed by atoms with van der Waals surface area (Å²) in [7, 11) is -3.76. The van der Waals surface area contributed by atoms with Crippen molar-refractivity contribution in [3.8, 4) is 5.88 Å². The molecule has 9 nitrogen and oxygen atoms in total. The zero-order chi connectivity index (χ0) is 24.4. The first-order valence-electron chi connectivity index (χ1n) is 11.3. The minimum absolute atomic E-state index is 0.0163. The van der Waals surface area contributed by atoms with E-state index in [9.17, 15) is 8.42 Å². The van der Waals surface area contributed by atoms with Crippen LogP contribution >= 0.6 is 15.9 Å². The Hall–Kier alpha value is -2.73. The molecule has 1 atom stereocenters. The first-order valence-corrected chi connectivity index (χ1v) is 13.5. The number of ether oxygens (including phenoxy) is 2. The second-order valence-electron chi connectivity index (χ2n) is 8.45. The van der Waals surface area contributed by atoms with Gasteiger partial charge in [0.15, 0.2) is 5.52 Å². The van der Waals surface area contributed by atoms with E-state index in [0.29, 0.717) is 52.4 Å². The number of hydrogen-bond donors (Lipinski definition) is 1. The van der Waals surface area contributed by atoms with Gasteiger partial charge in [0, 0.05) is 29.1 Å². The van der Waals surface area contributed by atoms with Crippen LogP contribution in [-0.4, -0.2) is 61.5 Å². The number of aryl methyl sites for hydroxylation is 1. The normalized spacial score (nSPS) is 19.0. The third-order valence-corrected chi connectivity index (χ3v) is 8.25. The van der Waals surface area contributed by atoms with Crippen molar-refractivity contribution < 1.29 is 17.9 Å². The number of aromatic nitrogens is 3. The summed E-state index contributed by atoms with van der Waals surface area (Å²) in [4.78, 5) is 17.9. The van der Waals surface area contributed by atoms with Crippen LogP contribution in [0.5, 0.6) is 5.88 Å². The Labute approximate surface area is 211 Å². The molecular weight excluding hydrogens is 534 g/mol. The maximum atomic E-state index is 13.0. The van der Waals surface area contributed by atoms with Gasteiger partial charge in [-0.3, -0.25) is 4.99 Å². The van der Waals surface area contributed by atoms with Gasteiger partial charge in [-0.05, 0) is 52.7 Å². The van der Waals surface area contributed by atoms with Crippen LogP contribution in [-0.2, 0) is 14.8 Å². The molecule has 1 saturated heterocycles. The number of fused-ring (bicyclic) bond motifs is 1. The van der Waals surface area contributed by atoms with Crippen molar-refractivity contribution in [2.75, 3.05) is 19.8 Å². The molecule has 1 fully saturated rings. The zero-order valence-electron chi connectivity index (χ0n) is 19.0. The summed E-state index contributed by atoms with van der Waals surface area (Å²) in [5, 5.41) is 0. The third-order valence-electron chi connectivity index (χ3n) is 5.79. The lowest BCUT2D eigenvalue weighted by Gasteiger charge is -2.23. The predicted octanol–water partition coefficient (Wildman–Crippen LogP) is 3.47. The quantitative estimate of drug-likeness (QED) is 0.493. The minimum Gasteiger partial charge on any atom is -0.473 e. The summed E-state index contributed by atoms with van der Waals surface area (Å²) in [5.74, 6) is 0.429. The molecule has 3 aromatic rings. The standard InChI is InChI=1S/C24H24BrN5O4S/c1-15-2-5-22(19(25)10-15)35(31,32)30-17-11-16(12-26-13-17)20-3-4-21-23(29-20)24(28-14-27-21)34-18-6-8-33-9-7-18/h2-5,10-12,14,17-18,30H,6-9,13H2,1H3. The van der Waals surface area contributed by atoms with E-state index < -0.39 is 16.1 Å². The Morgan fingerprint density at radius 1 is 1.14 bits per heavy atom. The Balaban J connectivity index is 1.41. The number of aliphatic imine (C=N–C) groups is 1. The van der Waals surface area contributed by atoms with Gasteiger partial charge in [0.2, 0.25) is 15.9 Å². The fourth-order valence-corrected chi connectivity index (χ4v) is 6.37. The monoisotopic (exact) mass is 557 g/mol. The van der Waals surface area contributed by atoms with E-state index in [1.165, 1.54) is 6.33 Å². The number of dihydropyridines is 1. The van der Waals surface area contributed by atoms with Crippen LogP contribution in [0.4, 0.5) is 0 Å². The molecule has 2 aliphatic heterocycles. The molecule has 0 amide bonds. The van der Waals surface area contributed by atoms with Crippen molar-refractivity contribution in [1.82, 2.24) is 19.7 Å². The molecule has 0 aliphatic carbocycles. The molecule has 0 saturated carbocycles. The molecule has 4 heterocycles. The van der Waals surface area contributed by atoms with E-state index in [0.717, 1.165) is 18.4 Å². The van der Waals surface area contributed by atoms with Crippen LogP contribution in [0.3, 0.4) is 0 Å². The lowest BCUT2D eigenvalue weighted by molar-refractivity contribution is 0.0243. The van der Waals surface area contributed by atoms with E-state index in [1.807, 2.05) is 25.1 Å². The molecule has 1 unspecified atom stereocenters. The molecule has 2 aliphatic rings. The number of halogens is 1. The zero-order valence-corrected chi connectivity index (χ0v) is 21.4. The van der Waals surface area contributed by atoms with E-state index in [4.69, 9.17) is 14.5 Å². The predicted molar refractivity (Wildman–Crippen MR) is 136 cm³/mol. The van der Waals surface area contributed by atoms with Crippen LogP contribution in [0, 0.1) is 6.92 Å². The van der Waals surface area contributed by atoms with Crippen molar-refractivity contribution in [3.05, 3.63) is 58.5 Å². The van der Waals surface area contributed by atoms with Gasteiger partial charge in [-0.2, -0.15) is 4.98 Å². The number of nitrogens with zero attached hydrogens (tertiary/aromatic N) is 4. The lowest BCUT2D eigenvalue weighted by Crippen LogP contribution is -2.37. The molecule has 5 rings (SSSR count). The largest absolute Gasteiger partial charge is 0.473 e. The van der Waals surface area contributed by atoms with Gasteiger partial charge in [-0.25, -0.2) is 23.1 Å². The second-order valence-corrected chi connectivity index (χ2v) is 11.0. The Kier molecular flexibility index (Phi) is 6.92. The maximum Gasteiger partial charge on any atom is 0.244 e. The van der Waals surface area contributed by atoms with Crippen LogP contribution in [0.25, 0.3) is 16.6 Å². The number of benzene rings is 1. The highest BCUT2D eigenvalue weighted by atomic mass is 79.9. The number of hydrogen-bond acceptors (Lipinski definition) is 8. The fraction of sp³-hybridized carbons (Fsp3) is 0.333. The molecule has 2 aromatic heterocycles. The van der Waals surface area contributed by atoms with E-state index in [-0.39, 0.29) is 11.0 Å². The average Bonchev–Trinajstić information content (AvgIpc) is 2.84. The lowest BCUT2D eigenvalue weighted by atomic mass is 10.1. The van der Waals surface area contributed by atoms with Gasteiger partial charge < -0.3 is 9.47 Å². The molecule has 0 bridgehead atoms. The van der Waals surface area contributed by atoms with Gasteiger partial charge >= 0.3 is 0 Å². The van der Waals surface area contributed by atoms with Gasteiger partial charge in [0.1, 0.15) is 12.4 Å². The summed E-state index contributed by atoms with van der Waals surface area (Å²) >= 11 is 3.36. The van der Waals surface area contributed by atoms with E-state index in [1.54, 1.807) is 24.4 Å². The molecule has 11 heteroatoms. The first kappa shape index (κ1) is 24.0. The minimum atomic E-state index is -3.76. The van der Waals surface area contributed by atoms with Gasteiger partial charge in [-0.1, -0.05) is 12.1 Å². The van der Waals surface area contributed by atoms with Gasteiger partial charge in [0.25, 0.3) is 0 Å². The highest BCUT2D eigenvalue weighted by Gasteiger charge is 2.24. The smallest absolute Gasteiger partial charge is 0.244 e. The third kappa shape index (κ3) is 5.43. The molecule has 1 N–H and O–H groups in total. The van der Waals surface area contributed by atoms with Gasteiger partial charge in [-0.15, -0.1) is 0 Å². The SMILES string of the molecule is Cc1ccc(S(=O)(=O)NC2C=C(c3ccc4ncnc(OC5CCOCC5)c4n3)C=NC2)c(Br)c1. The Morgan fingerprint density at radius 2 is 1.97 bits per heavy atom. The van der Waals surface area contributed by atoms with Crippen LogP contribution in [0.2, 0.25) is 0 Å². The van der Waals surface area contributed by atoms with E-state index in [2.05, 4.69) is 35.6 Å². The molecule has 182 valence electrons. The summed E-state index contributed by atoms with van der Waals surface area (Å²) in [6.45, 7) is 3.51. The fourth-order valence-electron chi connectivity index (χ4n) is 4.00. The van der Waals surface area contributed by atoms with Crippen molar-refractivity contribution in [2.24, 2.45) is 4.99 Å². The number of sulfonamides is 1. The van der Waals surface area contributed by atoms with Crippen molar-refractivity contribution in [1.29, 1.82) is 0 Å². The summed E-state index contributed by atoms with van der Waals surface area (Å²) < 4.78 is 40.8. The molecule has 1 aromatic carbocycles. The van der Waals surface area contributed by atoms with E-state index >= 15 is 0 Å². The van der Waals surface area contributed by atoms with Gasteiger partial charge in [0.05, 0.1) is 41.9 Å². The molecule has 0 radical (unpaired) electrons. The number of pyridine rings is 1. The van der Waals surface area contributed by atoms with Crippen molar-refractivity contribution >= 4 is 48.8 Å². The number of allylic oxidation sites excluding steroid dienone is 1. The number of nitrogens with one attached hydrogen (secondary N) is 1. The second kappa shape index (κ2) is 10.1. The average molecular weight is 558 g/mol. The summed E-state index contributed by atoms with van der Waals surface area (Å²) in [6.07, 6.45) is 6.59. The molecular formula is C24H24BrN5O4S. The highest BCUT2D eigenvalue weighted by molar-refractivity contribution is 9.10.